The van der Waals surface area contributed by atoms with Gasteiger partial charge in [0.05, 0.1) is 5.02 Å². The zero-order valence-electron chi connectivity index (χ0n) is 11.8. The van der Waals surface area contributed by atoms with Crippen molar-refractivity contribution in [3.8, 4) is 0 Å². The van der Waals surface area contributed by atoms with Gasteiger partial charge in [0.25, 0.3) is 0 Å². The third-order valence-corrected chi connectivity index (χ3v) is 4.79. The molecule has 22 heavy (non-hydrogen) atoms. The minimum absolute atomic E-state index is 0.00305. The lowest BCUT2D eigenvalue weighted by Gasteiger charge is -2.20. The number of amides is 2. The number of rotatable bonds is 3. The van der Waals surface area contributed by atoms with Gasteiger partial charge in [-0.15, -0.1) is 0 Å². The minimum atomic E-state index is -1.09. The largest absolute Gasteiger partial charge is 0.465 e. The van der Waals surface area contributed by atoms with Gasteiger partial charge in [-0.1, -0.05) is 23.7 Å². The second-order valence-corrected chi connectivity index (χ2v) is 6.47. The molecule has 1 spiro atoms. The Hall–Kier alpha value is -1.82. The molecular formula is C15H16ClFN2O3. The summed E-state index contributed by atoms with van der Waals surface area (Å²) in [5.41, 5.74) is 0.267. The summed E-state index contributed by atoms with van der Waals surface area (Å²) < 4.78 is 13.8. The zero-order valence-corrected chi connectivity index (χ0v) is 12.6. The van der Waals surface area contributed by atoms with Crippen molar-refractivity contribution in [1.82, 2.24) is 10.2 Å². The van der Waals surface area contributed by atoms with Crippen molar-refractivity contribution in [1.29, 1.82) is 0 Å². The Bertz CT molecular complexity index is 633. The summed E-state index contributed by atoms with van der Waals surface area (Å²) in [6.45, 7) is 0.397. The molecule has 0 radical (unpaired) electrons. The molecule has 3 rings (SSSR count). The van der Waals surface area contributed by atoms with Gasteiger partial charge in [-0.25, -0.2) is 9.18 Å². The van der Waals surface area contributed by atoms with Crippen LogP contribution in [0.5, 0.6) is 0 Å². The van der Waals surface area contributed by atoms with Gasteiger partial charge in [0.2, 0.25) is 5.91 Å². The van der Waals surface area contributed by atoms with E-state index in [0.717, 1.165) is 12.8 Å². The van der Waals surface area contributed by atoms with Crippen molar-refractivity contribution < 1.29 is 19.1 Å². The van der Waals surface area contributed by atoms with Crippen molar-refractivity contribution in [3.05, 3.63) is 34.6 Å². The Morgan fingerprint density at radius 1 is 1.45 bits per heavy atom. The predicted molar refractivity (Wildman–Crippen MR) is 78.1 cm³/mol. The number of hydrogen-bond donors (Lipinski definition) is 2. The fourth-order valence-corrected chi connectivity index (χ4v) is 3.21. The number of likely N-dealkylation sites (tertiary alicyclic amines) is 1. The highest BCUT2D eigenvalue weighted by Gasteiger charge is 2.55. The molecule has 0 aromatic heterocycles. The number of nitrogens with zero attached hydrogens (tertiary/aromatic N) is 1. The molecule has 1 saturated heterocycles. The van der Waals surface area contributed by atoms with Crippen LogP contribution >= 0.6 is 11.6 Å². The van der Waals surface area contributed by atoms with Crippen molar-refractivity contribution >= 4 is 23.6 Å². The number of halogens is 2. The zero-order chi connectivity index (χ0) is 15.9. The standard InChI is InChI=1S/C15H16ClFN2O3/c16-10-3-1-2-9(12(10)17)7-18-13(20)11-6-15(4-5-15)8-19(11)14(21)22/h1-3,11H,4-8H2,(H,18,20)(H,21,22). The molecule has 1 atom stereocenters. The summed E-state index contributed by atoms with van der Waals surface area (Å²) >= 11 is 5.69. The molecule has 2 aliphatic rings. The van der Waals surface area contributed by atoms with Gasteiger partial charge in [0, 0.05) is 18.7 Å². The van der Waals surface area contributed by atoms with E-state index >= 15 is 0 Å². The lowest BCUT2D eigenvalue weighted by Crippen LogP contribution is -2.45. The Morgan fingerprint density at radius 3 is 2.82 bits per heavy atom. The average Bonchev–Trinajstić information content (AvgIpc) is 3.10. The summed E-state index contributed by atoms with van der Waals surface area (Å²) in [4.78, 5) is 24.7. The third-order valence-electron chi connectivity index (χ3n) is 4.50. The Morgan fingerprint density at radius 2 is 2.18 bits per heavy atom. The van der Waals surface area contributed by atoms with E-state index in [1.165, 1.54) is 17.0 Å². The SMILES string of the molecule is O=C(NCc1cccc(Cl)c1F)C1CC2(CC2)CN1C(=O)O. The second-order valence-electron chi connectivity index (χ2n) is 6.06. The smallest absolute Gasteiger partial charge is 0.407 e. The van der Waals surface area contributed by atoms with Crippen LogP contribution in [0.3, 0.4) is 0 Å². The van der Waals surface area contributed by atoms with Gasteiger partial charge in [0.15, 0.2) is 0 Å². The van der Waals surface area contributed by atoms with Crippen LogP contribution in [0.15, 0.2) is 18.2 Å². The first-order chi connectivity index (χ1) is 10.4. The molecule has 1 aliphatic heterocycles. The van der Waals surface area contributed by atoms with E-state index in [-0.39, 0.29) is 28.5 Å². The maximum atomic E-state index is 13.8. The molecule has 1 unspecified atom stereocenters. The van der Waals surface area contributed by atoms with Crippen LogP contribution in [-0.4, -0.2) is 34.6 Å². The van der Waals surface area contributed by atoms with E-state index in [2.05, 4.69) is 5.32 Å². The monoisotopic (exact) mass is 326 g/mol. The summed E-state index contributed by atoms with van der Waals surface area (Å²) in [5, 5.41) is 11.8. The maximum Gasteiger partial charge on any atom is 0.407 e. The van der Waals surface area contributed by atoms with Gasteiger partial charge >= 0.3 is 6.09 Å². The molecule has 5 nitrogen and oxygen atoms in total. The first-order valence-corrected chi connectivity index (χ1v) is 7.50. The number of carbonyl (C=O) groups excluding carboxylic acids is 1. The molecule has 0 bridgehead atoms. The summed E-state index contributed by atoms with van der Waals surface area (Å²) in [6.07, 6.45) is 1.38. The molecule has 7 heteroatoms. The van der Waals surface area contributed by atoms with E-state index in [9.17, 15) is 19.1 Å². The lowest BCUT2D eigenvalue weighted by atomic mass is 10.0. The number of nitrogens with one attached hydrogen (secondary N) is 1. The highest BCUT2D eigenvalue weighted by molar-refractivity contribution is 6.30. The minimum Gasteiger partial charge on any atom is -0.465 e. The van der Waals surface area contributed by atoms with E-state index in [1.54, 1.807) is 6.07 Å². The summed E-state index contributed by atoms with van der Waals surface area (Å²) in [6, 6.07) is 3.88. The van der Waals surface area contributed by atoms with Gasteiger partial charge in [-0.05, 0) is 30.7 Å². The first kappa shape index (κ1) is 15.1. The van der Waals surface area contributed by atoms with Crippen molar-refractivity contribution in [2.45, 2.75) is 31.8 Å². The van der Waals surface area contributed by atoms with Crippen molar-refractivity contribution in [2.24, 2.45) is 5.41 Å². The van der Waals surface area contributed by atoms with Crippen LogP contribution in [0.2, 0.25) is 5.02 Å². The van der Waals surface area contributed by atoms with Crippen LogP contribution < -0.4 is 5.32 Å². The summed E-state index contributed by atoms with van der Waals surface area (Å²) in [5.74, 6) is -0.949. The van der Waals surface area contributed by atoms with E-state index in [1.807, 2.05) is 0 Å². The number of benzene rings is 1. The highest BCUT2D eigenvalue weighted by atomic mass is 35.5. The van der Waals surface area contributed by atoms with Gasteiger partial charge in [0.1, 0.15) is 11.9 Å². The van der Waals surface area contributed by atoms with Crippen LogP contribution in [0.4, 0.5) is 9.18 Å². The molecule has 1 aromatic carbocycles. The molecular weight excluding hydrogens is 311 g/mol. The molecule has 1 aliphatic carbocycles. The molecule has 1 saturated carbocycles. The normalized spacial score (nSPS) is 21.9. The topological polar surface area (TPSA) is 69.6 Å². The molecule has 2 N–H and O–H groups in total. The first-order valence-electron chi connectivity index (χ1n) is 7.12. The molecule has 2 amide bonds. The molecule has 1 aromatic rings. The van der Waals surface area contributed by atoms with Crippen LogP contribution in [0.25, 0.3) is 0 Å². The van der Waals surface area contributed by atoms with Crippen LogP contribution in [-0.2, 0) is 11.3 Å². The third kappa shape index (κ3) is 2.75. The Kier molecular flexibility index (Phi) is 3.72. The number of carbonyl (C=O) groups is 2. The van der Waals surface area contributed by atoms with E-state index < -0.39 is 18.0 Å². The molecule has 2 fully saturated rings. The van der Waals surface area contributed by atoms with Crippen LogP contribution in [0.1, 0.15) is 24.8 Å². The van der Waals surface area contributed by atoms with Crippen LogP contribution in [0, 0.1) is 11.2 Å². The number of hydrogen-bond acceptors (Lipinski definition) is 2. The average molecular weight is 327 g/mol. The highest BCUT2D eigenvalue weighted by Crippen LogP contribution is 2.54. The number of carboxylic acid groups (broad SMARTS) is 1. The molecule has 118 valence electrons. The quantitative estimate of drug-likeness (QED) is 0.897. The summed E-state index contributed by atoms with van der Waals surface area (Å²) in [7, 11) is 0. The lowest BCUT2D eigenvalue weighted by molar-refractivity contribution is -0.125. The van der Waals surface area contributed by atoms with Gasteiger partial charge in [-0.2, -0.15) is 0 Å². The van der Waals surface area contributed by atoms with E-state index in [4.69, 9.17) is 11.6 Å². The van der Waals surface area contributed by atoms with Gasteiger partial charge < -0.3 is 10.4 Å². The second kappa shape index (κ2) is 5.43. The Labute approximate surface area is 132 Å². The van der Waals surface area contributed by atoms with E-state index in [0.29, 0.717) is 13.0 Å². The predicted octanol–water partition coefficient (Wildman–Crippen LogP) is 2.63. The fourth-order valence-electron chi connectivity index (χ4n) is 3.02. The van der Waals surface area contributed by atoms with Gasteiger partial charge in [-0.3, -0.25) is 9.69 Å². The maximum absolute atomic E-state index is 13.8. The van der Waals surface area contributed by atoms with Crippen molar-refractivity contribution in [3.63, 3.8) is 0 Å². The molecule has 1 heterocycles. The van der Waals surface area contributed by atoms with Crippen molar-refractivity contribution in [2.75, 3.05) is 6.54 Å². The Balaban J connectivity index is 1.66. The fraction of sp³-hybridized carbons (Fsp3) is 0.467.